The number of anilines is 2. The van der Waals surface area contributed by atoms with Crippen LogP contribution in [-0.4, -0.2) is 9.78 Å². The minimum Gasteiger partial charge on any atom is -0.394 e. The molecule has 0 atom stereocenters. The summed E-state index contributed by atoms with van der Waals surface area (Å²) in [6.07, 6.45) is 0. The number of hydrogen-bond donors (Lipinski definition) is 2. The van der Waals surface area contributed by atoms with E-state index in [2.05, 4.69) is 10.4 Å². The fourth-order valence-corrected chi connectivity index (χ4v) is 1.91. The average molecular weight is 251 g/mol. The standard InChI is InChI=1S/C12H15ClN4/c1-8-11(14)12(17(2)16-8)15-7-9-5-3-4-6-10(9)13/h3-6,15H,7,14H2,1-2H3. The van der Waals surface area contributed by atoms with Gasteiger partial charge < -0.3 is 11.1 Å². The van der Waals surface area contributed by atoms with E-state index in [4.69, 9.17) is 17.3 Å². The zero-order chi connectivity index (χ0) is 12.4. The molecule has 0 aliphatic rings. The second kappa shape index (κ2) is 4.67. The maximum atomic E-state index is 6.08. The van der Waals surface area contributed by atoms with Crippen LogP contribution in [-0.2, 0) is 13.6 Å². The highest BCUT2D eigenvalue weighted by molar-refractivity contribution is 6.31. The molecule has 0 aliphatic carbocycles. The maximum absolute atomic E-state index is 6.08. The highest BCUT2D eigenvalue weighted by atomic mass is 35.5. The zero-order valence-electron chi connectivity index (χ0n) is 9.87. The molecule has 17 heavy (non-hydrogen) atoms. The molecule has 0 saturated heterocycles. The largest absolute Gasteiger partial charge is 0.394 e. The SMILES string of the molecule is Cc1nn(C)c(NCc2ccccc2Cl)c1N. The van der Waals surface area contributed by atoms with Crippen LogP contribution in [0.5, 0.6) is 0 Å². The van der Waals surface area contributed by atoms with Crippen molar-refractivity contribution in [2.75, 3.05) is 11.1 Å². The summed E-state index contributed by atoms with van der Waals surface area (Å²) in [5, 5.41) is 8.24. The first kappa shape index (κ1) is 11.8. The molecule has 4 nitrogen and oxygen atoms in total. The lowest BCUT2D eigenvalue weighted by Gasteiger charge is -2.08. The van der Waals surface area contributed by atoms with Crippen LogP contribution in [0.15, 0.2) is 24.3 Å². The Morgan fingerprint density at radius 2 is 2.12 bits per heavy atom. The lowest BCUT2D eigenvalue weighted by atomic mass is 10.2. The van der Waals surface area contributed by atoms with Gasteiger partial charge in [-0.1, -0.05) is 29.8 Å². The van der Waals surface area contributed by atoms with Crippen molar-refractivity contribution in [3.05, 3.63) is 40.5 Å². The smallest absolute Gasteiger partial charge is 0.148 e. The molecule has 0 saturated carbocycles. The summed E-state index contributed by atoms with van der Waals surface area (Å²) in [5.41, 5.74) is 8.47. The third-order valence-electron chi connectivity index (χ3n) is 2.67. The van der Waals surface area contributed by atoms with Gasteiger partial charge in [-0.25, -0.2) is 0 Å². The van der Waals surface area contributed by atoms with Crippen molar-refractivity contribution in [2.45, 2.75) is 13.5 Å². The molecule has 90 valence electrons. The summed E-state index contributed by atoms with van der Waals surface area (Å²) in [6, 6.07) is 7.72. The van der Waals surface area contributed by atoms with E-state index in [1.54, 1.807) is 4.68 Å². The minimum atomic E-state index is 0.628. The van der Waals surface area contributed by atoms with E-state index < -0.39 is 0 Å². The first-order chi connectivity index (χ1) is 8.09. The number of halogens is 1. The van der Waals surface area contributed by atoms with Crippen LogP contribution in [0.3, 0.4) is 0 Å². The molecule has 2 aromatic rings. The lowest BCUT2D eigenvalue weighted by molar-refractivity contribution is 0.758. The number of hydrogen-bond acceptors (Lipinski definition) is 3. The lowest BCUT2D eigenvalue weighted by Crippen LogP contribution is -2.06. The molecule has 0 spiro atoms. The quantitative estimate of drug-likeness (QED) is 0.880. The van der Waals surface area contributed by atoms with Crippen molar-refractivity contribution in [1.29, 1.82) is 0 Å². The number of benzene rings is 1. The molecule has 0 aliphatic heterocycles. The molecule has 1 aromatic heterocycles. The van der Waals surface area contributed by atoms with Gasteiger partial charge in [-0.2, -0.15) is 5.10 Å². The Hall–Kier alpha value is -1.68. The number of nitrogen functional groups attached to an aromatic ring is 1. The van der Waals surface area contributed by atoms with Gasteiger partial charge in [0.25, 0.3) is 0 Å². The Kier molecular flexibility index (Phi) is 3.24. The summed E-state index contributed by atoms with van der Waals surface area (Å²) in [4.78, 5) is 0. The molecule has 0 fully saturated rings. The van der Waals surface area contributed by atoms with Gasteiger partial charge in [0.2, 0.25) is 0 Å². The van der Waals surface area contributed by atoms with Crippen LogP contribution >= 0.6 is 11.6 Å². The minimum absolute atomic E-state index is 0.628. The Balaban J connectivity index is 2.15. The van der Waals surface area contributed by atoms with E-state index in [1.165, 1.54) is 0 Å². The van der Waals surface area contributed by atoms with Crippen molar-refractivity contribution < 1.29 is 0 Å². The third kappa shape index (κ3) is 2.36. The van der Waals surface area contributed by atoms with Crippen LogP contribution in [0.25, 0.3) is 0 Å². The molecule has 0 bridgehead atoms. The summed E-state index contributed by atoms with van der Waals surface area (Å²) in [7, 11) is 1.86. The zero-order valence-corrected chi connectivity index (χ0v) is 10.6. The molecule has 0 radical (unpaired) electrons. The van der Waals surface area contributed by atoms with Crippen LogP contribution in [0.1, 0.15) is 11.3 Å². The summed E-state index contributed by atoms with van der Waals surface area (Å²) >= 11 is 6.08. The first-order valence-corrected chi connectivity index (χ1v) is 5.73. The van der Waals surface area contributed by atoms with Crippen LogP contribution < -0.4 is 11.1 Å². The number of rotatable bonds is 3. The van der Waals surface area contributed by atoms with Crippen molar-refractivity contribution in [3.8, 4) is 0 Å². The fourth-order valence-electron chi connectivity index (χ4n) is 1.70. The van der Waals surface area contributed by atoms with Gasteiger partial charge in [-0.15, -0.1) is 0 Å². The predicted molar refractivity (Wildman–Crippen MR) is 71.1 cm³/mol. The molecule has 0 amide bonds. The predicted octanol–water partition coefficient (Wildman–Crippen LogP) is 2.58. The maximum Gasteiger partial charge on any atom is 0.148 e. The number of aryl methyl sites for hydroxylation is 2. The summed E-state index contributed by atoms with van der Waals surface area (Å²) < 4.78 is 1.74. The van der Waals surface area contributed by atoms with Gasteiger partial charge in [0.1, 0.15) is 5.82 Å². The fraction of sp³-hybridized carbons (Fsp3) is 0.250. The Labute approximate surface area is 105 Å². The van der Waals surface area contributed by atoms with Gasteiger partial charge in [0.15, 0.2) is 0 Å². The topological polar surface area (TPSA) is 55.9 Å². The Bertz CT molecular complexity index is 533. The summed E-state index contributed by atoms with van der Waals surface area (Å²) in [5.74, 6) is 0.822. The van der Waals surface area contributed by atoms with Gasteiger partial charge in [0.05, 0.1) is 11.4 Å². The summed E-state index contributed by atoms with van der Waals surface area (Å²) in [6.45, 7) is 2.51. The van der Waals surface area contributed by atoms with Crippen molar-refractivity contribution in [1.82, 2.24) is 9.78 Å². The van der Waals surface area contributed by atoms with Gasteiger partial charge >= 0.3 is 0 Å². The number of nitrogens with two attached hydrogens (primary N) is 1. The third-order valence-corrected chi connectivity index (χ3v) is 3.04. The van der Waals surface area contributed by atoms with Crippen LogP contribution in [0.2, 0.25) is 5.02 Å². The normalized spacial score (nSPS) is 10.5. The van der Waals surface area contributed by atoms with Crippen molar-refractivity contribution in [3.63, 3.8) is 0 Å². The molecule has 2 rings (SSSR count). The Morgan fingerprint density at radius 3 is 2.71 bits per heavy atom. The van der Waals surface area contributed by atoms with Crippen LogP contribution in [0, 0.1) is 6.92 Å². The van der Waals surface area contributed by atoms with Gasteiger partial charge in [-0.3, -0.25) is 4.68 Å². The average Bonchev–Trinajstić information content (AvgIpc) is 2.53. The first-order valence-electron chi connectivity index (χ1n) is 5.36. The monoisotopic (exact) mass is 250 g/mol. The molecular weight excluding hydrogens is 236 g/mol. The van der Waals surface area contributed by atoms with E-state index in [1.807, 2.05) is 38.2 Å². The van der Waals surface area contributed by atoms with E-state index in [9.17, 15) is 0 Å². The number of nitrogens with one attached hydrogen (secondary N) is 1. The molecular formula is C12H15ClN4. The van der Waals surface area contributed by atoms with Crippen LogP contribution in [0.4, 0.5) is 11.5 Å². The van der Waals surface area contributed by atoms with E-state index in [0.717, 1.165) is 22.1 Å². The van der Waals surface area contributed by atoms with Gasteiger partial charge in [-0.05, 0) is 18.6 Å². The van der Waals surface area contributed by atoms with Crippen molar-refractivity contribution >= 4 is 23.1 Å². The number of aromatic nitrogens is 2. The molecule has 1 heterocycles. The van der Waals surface area contributed by atoms with E-state index in [-0.39, 0.29) is 0 Å². The molecule has 1 aromatic carbocycles. The van der Waals surface area contributed by atoms with E-state index >= 15 is 0 Å². The molecule has 3 N–H and O–H groups in total. The van der Waals surface area contributed by atoms with E-state index in [0.29, 0.717) is 12.2 Å². The Morgan fingerprint density at radius 1 is 1.41 bits per heavy atom. The van der Waals surface area contributed by atoms with Gasteiger partial charge in [0, 0.05) is 18.6 Å². The van der Waals surface area contributed by atoms with Crippen molar-refractivity contribution in [2.24, 2.45) is 7.05 Å². The highest BCUT2D eigenvalue weighted by Gasteiger charge is 2.09. The second-order valence-electron chi connectivity index (χ2n) is 3.92. The number of nitrogens with zero attached hydrogens (tertiary/aromatic N) is 2. The highest BCUT2D eigenvalue weighted by Crippen LogP contribution is 2.23. The molecule has 0 unspecified atom stereocenters. The second-order valence-corrected chi connectivity index (χ2v) is 4.32. The molecule has 5 heteroatoms.